The number of para-hydroxylation sites is 1. The van der Waals surface area contributed by atoms with E-state index in [1.807, 2.05) is 36.4 Å². The van der Waals surface area contributed by atoms with Gasteiger partial charge in [0, 0.05) is 12.2 Å². The largest absolute Gasteiger partial charge is 0.489 e. The zero-order valence-electron chi connectivity index (χ0n) is 22.3. The summed E-state index contributed by atoms with van der Waals surface area (Å²) in [6, 6.07) is 26.8. The lowest BCUT2D eigenvalue weighted by molar-refractivity contribution is -0.138. The molecule has 0 saturated carbocycles. The molecule has 1 unspecified atom stereocenters. The van der Waals surface area contributed by atoms with Gasteiger partial charge in [0.15, 0.2) is 5.41 Å². The van der Waals surface area contributed by atoms with Crippen LogP contribution < -0.4 is 14.5 Å². The maximum Gasteiger partial charge on any atom is 0.416 e. The predicted molar refractivity (Wildman–Crippen MR) is 150 cm³/mol. The SMILES string of the molecule is CCN1C(=O)C2(CCc3cc(OCc4ccccc4)ccc32)C(=O)N(c2ccccc2)c2cc(C(F)(F)F)ccc21. The summed E-state index contributed by atoms with van der Waals surface area (Å²) in [5, 5.41) is 0. The first-order valence-corrected chi connectivity index (χ1v) is 13.5. The number of likely N-dealkylation sites (N-methyl/N-ethyl adjacent to an activating group) is 1. The molecule has 208 valence electrons. The molecular weight excluding hydrogens is 529 g/mol. The van der Waals surface area contributed by atoms with E-state index in [-0.39, 0.29) is 24.3 Å². The van der Waals surface area contributed by atoms with E-state index in [1.165, 1.54) is 15.9 Å². The summed E-state index contributed by atoms with van der Waals surface area (Å²) >= 11 is 0. The number of carbonyl (C=O) groups excluding carboxylic acids is 2. The van der Waals surface area contributed by atoms with Crippen molar-refractivity contribution in [3.8, 4) is 5.75 Å². The van der Waals surface area contributed by atoms with Gasteiger partial charge in [0.1, 0.15) is 12.4 Å². The van der Waals surface area contributed by atoms with Crippen molar-refractivity contribution in [1.29, 1.82) is 0 Å². The van der Waals surface area contributed by atoms with E-state index in [0.717, 1.165) is 23.3 Å². The van der Waals surface area contributed by atoms with Crippen LogP contribution in [0.4, 0.5) is 30.2 Å². The lowest BCUT2D eigenvalue weighted by Gasteiger charge is -2.32. The molecule has 8 heteroatoms. The van der Waals surface area contributed by atoms with Crippen molar-refractivity contribution < 1.29 is 27.5 Å². The maximum absolute atomic E-state index is 14.7. The number of ether oxygens (including phenoxy) is 1. The predicted octanol–water partition coefficient (Wildman–Crippen LogP) is 7.20. The standard InChI is InChI=1S/C33H27F3N2O3/c1-2-37-28-16-13-24(33(34,35)36)20-29(28)38(25-11-7-4-8-12-25)31(40)32(30(37)39)18-17-23-19-26(14-15-27(23)32)41-21-22-9-5-3-6-10-22/h3-16,19-20H,2,17-18,21H2,1H3. The van der Waals surface area contributed by atoms with Crippen LogP contribution in [0.3, 0.4) is 0 Å². The van der Waals surface area contributed by atoms with Crippen LogP contribution in [-0.2, 0) is 34.2 Å². The normalized spacial score (nSPS) is 18.3. The van der Waals surface area contributed by atoms with Gasteiger partial charge in [-0.3, -0.25) is 14.5 Å². The van der Waals surface area contributed by atoms with Gasteiger partial charge in [0.2, 0.25) is 5.91 Å². The fourth-order valence-electron chi connectivity index (χ4n) is 5.91. The Morgan fingerprint density at radius 2 is 1.54 bits per heavy atom. The summed E-state index contributed by atoms with van der Waals surface area (Å²) < 4.78 is 47.5. The van der Waals surface area contributed by atoms with Gasteiger partial charge in [-0.2, -0.15) is 13.2 Å². The number of carbonyl (C=O) groups is 2. The average Bonchev–Trinajstić information content (AvgIpc) is 3.34. The van der Waals surface area contributed by atoms with Crippen molar-refractivity contribution >= 4 is 28.9 Å². The lowest BCUT2D eigenvalue weighted by Crippen LogP contribution is -2.53. The molecule has 0 bridgehead atoms. The van der Waals surface area contributed by atoms with Crippen molar-refractivity contribution in [3.05, 3.63) is 119 Å². The average molecular weight is 557 g/mol. The summed E-state index contributed by atoms with van der Waals surface area (Å²) in [5.74, 6) is -0.397. The number of halogens is 3. The van der Waals surface area contributed by atoms with Crippen LogP contribution >= 0.6 is 0 Å². The molecule has 0 saturated heterocycles. The quantitative estimate of drug-likeness (QED) is 0.244. The summed E-state index contributed by atoms with van der Waals surface area (Å²) in [6.07, 6.45) is -3.98. The van der Waals surface area contributed by atoms with E-state index >= 15 is 0 Å². The van der Waals surface area contributed by atoms with Crippen molar-refractivity contribution in [2.75, 3.05) is 16.3 Å². The van der Waals surface area contributed by atoms with Crippen LogP contribution in [0.25, 0.3) is 0 Å². The lowest BCUT2D eigenvalue weighted by atomic mass is 9.78. The van der Waals surface area contributed by atoms with E-state index < -0.39 is 29.0 Å². The Bertz CT molecular complexity index is 1620. The number of anilines is 3. The Morgan fingerprint density at radius 3 is 2.22 bits per heavy atom. The molecule has 0 aromatic heterocycles. The fraction of sp³-hybridized carbons (Fsp3) is 0.212. The number of rotatable bonds is 5. The summed E-state index contributed by atoms with van der Waals surface area (Å²) in [7, 11) is 0. The van der Waals surface area contributed by atoms with E-state index in [9.17, 15) is 22.8 Å². The second-order valence-corrected chi connectivity index (χ2v) is 10.2. The van der Waals surface area contributed by atoms with Crippen LogP contribution in [0.15, 0.2) is 97.1 Å². The Labute approximate surface area is 235 Å². The van der Waals surface area contributed by atoms with Gasteiger partial charge in [0.25, 0.3) is 5.91 Å². The van der Waals surface area contributed by atoms with E-state index in [1.54, 1.807) is 49.4 Å². The second-order valence-electron chi connectivity index (χ2n) is 10.2. The highest BCUT2D eigenvalue weighted by molar-refractivity contribution is 6.27. The van der Waals surface area contributed by atoms with Crippen molar-refractivity contribution in [2.45, 2.75) is 38.0 Å². The molecule has 1 atom stereocenters. The third kappa shape index (κ3) is 4.43. The first kappa shape index (κ1) is 26.6. The van der Waals surface area contributed by atoms with Crippen LogP contribution in [0.5, 0.6) is 5.75 Å². The van der Waals surface area contributed by atoms with Crippen molar-refractivity contribution in [3.63, 3.8) is 0 Å². The Morgan fingerprint density at radius 1 is 0.829 bits per heavy atom. The van der Waals surface area contributed by atoms with Gasteiger partial charge in [-0.15, -0.1) is 0 Å². The smallest absolute Gasteiger partial charge is 0.416 e. The number of hydrogen-bond donors (Lipinski definition) is 0. The molecule has 4 aromatic carbocycles. The Hall–Kier alpha value is -4.59. The first-order chi connectivity index (χ1) is 19.7. The summed E-state index contributed by atoms with van der Waals surface area (Å²) in [4.78, 5) is 31.8. The van der Waals surface area contributed by atoms with E-state index in [4.69, 9.17) is 4.74 Å². The Balaban J connectivity index is 1.48. The molecule has 1 aliphatic heterocycles. The van der Waals surface area contributed by atoms with Crippen molar-refractivity contribution in [2.24, 2.45) is 0 Å². The molecular formula is C33H27F3N2O3. The molecule has 41 heavy (non-hydrogen) atoms. The molecule has 0 radical (unpaired) electrons. The summed E-state index contributed by atoms with van der Waals surface area (Å²) in [5.41, 5.74) is 0.556. The maximum atomic E-state index is 14.7. The number of nitrogens with zero attached hydrogens (tertiary/aromatic N) is 2. The highest BCUT2D eigenvalue weighted by Gasteiger charge is 2.57. The van der Waals surface area contributed by atoms with Crippen LogP contribution in [-0.4, -0.2) is 18.4 Å². The molecule has 1 aliphatic carbocycles. The van der Waals surface area contributed by atoms with Gasteiger partial charge in [0.05, 0.1) is 16.9 Å². The minimum atomic E-state index is -4.62. The highest BCUT2D eigenvalue weighted by Crippen LogP contribution is 2.51. The number of amides is 2. The minimum absolute atomic E-state index is 0.0272. The number of benzene rings is 4. The first-order valence-electron chi connectivity index (χ1n) is 13.5. The number of hydrogen-bond acceptors (Lipinski definition) is 3. The molecule has 0 N–H and O–H groups in total. The molecule has 4 aromatic rings. The molecule has 0 fully saturated rings. The molecule has 5 nitrogen and oxygen atoms in total. The number of alkyl halides is 3. The monoisotopic (exact) mass is 556 g/mol. The number of fused-ring (bicyclic) bond motifs is 3. The second kappa shape index (κ2) is 10.1. The topological polar surface area (TPSA) is 49.9 Å². The van der Waals surface area contributed by atoms with Gasteiger partial charge in [-0.25, -0.2) is 0 Å². The van der Waals surface area contributed by atoms with Gasteiger partial charge < -0.3 is 9.64 Å². The van der Waals surface area contributed by atoms with Gasteiger partial charge in [-0.1, -0.05) is 54.6 Å². The van der Waals surface area contributed by atoms with Crippen LogP contribution in [0.1, 0.15) is 35.6 Å². The van der Waals surface area contributed by atoms with Crippen LogP contribution in [0.2, 0.25) is 0 Å². The molecule has 2 aliphatic rings. The zero-order chi connectivity index (χ0) is 28.8. The van der Waals surface area contributed by atoms with E-state index in [0.29, 0.717) is 30.0 Å². The van der Waals surface area contributed by atoms with Gasteiger partial charge in [-0.05, 0) is 78.9 Å². The van der Waals surface area contributed by atoms with Crippen LogP contribution in [0, 0.1) is 0 Å². The third-order valence-corrected chi connectivity index (χ3v) is 7.90. The van der Waals surface area contributed by atoms with Gasteiger partial charge >= 0.3 is 6.18 Å². The van der Waals surface area contributed by atoms with E-state index in [2.05, 4.69) is 0 Å². The fourth-order valence-corrected chi connectivity index (χ4v) is 5.91. The Kier molecular flexibility index (Phi) is 6.56. The number of aryl methyl sites for hydroxylation is 1. The summed E-state index contributed by atoms with van der Waals surface area (Å²) in [6.45, 7) is 2.30. The zero-order valence-corrected chi connectivity index (χ0v) is 22.3. The highest BCUT2D eigenvalue weighted by atomic mass is 19.4. The molecule has 1 spiro atoms. The molecule has 1 heterocycles. The molecule has 2 amide bonds. The molecule has 6 rings (SSSR count). The minimum Gasteiger partial charge on any atom is -0.489 e. The third-order valence-electron chi connectivity index (χ3n) is 7.90. The van der Waals surface area contributed by atoms with Crippen molar-refractivity contribution in [1.82, 2.24) is 0 Å².